The molecule has 0 spiro atoms. The van der Waals surface area contributed by atoms with E-state index >= 15 is 0 Å². The number of thiophene rings is 1. The molecule has 1 aromatic heterocycles. The fourth-order valence-electron chi connectivity index (χ4n) is 1.63. The standard InChI is InChI=1S/C14H10ClNO3S/c1-8-10(4-13(20-8)14(17)18)7-19-12-5-11(15)3-2-9(12)6-16/h2-5H,7H2,1H3,(H,17,18). The minimum absolute atomic E-state index is 0.199. The molecule has 0 saturated carbocycles. The summed E-state index contributed by atoms with van der Waals surface area (Å²) in [6.45, 7) is 2.03. The Labute approximate surface area is 124 Å². The maximum absolute atomic E-state index is 10.9. The molecule has 0 fully saturated rings. The second-order valence-corrected chi connectivity index (χ2v) is 5.73. The molecule has 0 amide bonds. The molecule has 20 heavy (non-hydrogen) atoms. The molecule has 0 saturated heterocycles. The van der Waals surface area contributed by atoms with Crippen molar-refractivity contribution >= 4 is 28.9 Å². The van der Waals surface area contributed by atoms with Crippen molar-refractivity contribution in [3.8, 4) is 11.8 Å². The van der Waals surface area contributed by atoms with E-state index in [4.69, 9.17) is 26.7 Å². The fourth-order valence-corrected chi connectivity index (χ4v) is 2.66. The Kier molecular flexibility index (Phi) is 4.28. The lowest BCUT2D eigenvalue weighted by molar-refractivity contribution is 0.0702. The van der Waals surface area contributed by atoms with Crippen LogP contribution >= 0.6 is 22.9 Å². The van der Waals surface area contributed by atoms with Gasteiger partial charge in [-0.2, -0.15) is 5.26 Å². The molecule has 2 aromatic rings. The maximum Gasteiger partial charge on any atom is 0.345 e. The Morgan fingerprint density at radius 2 is 2.25 bits per heavy atom. The van der Waals surface area contributed by atoms with Gasteiger partial charge in [-0.15, -0.1) is 11.3 Å². The van der Waals surface area contributed by atoms with Crippen molar-refractivity contribution in [1.82, 2.24) is 0 Å². The van der Waals surface area contributed by atoms with E-state index in [0.717, 1.165) is 10.4 Å². The lowest BCUT2D eigenvalue weighted by atomic mass is 10.2. The number of carboxylic acid groups (broad SMARTS) is 1. The minimum atomic E-state index is -0.954. The molecule has 4 nitrogen and oxygen atoms in total. The molecule has 0 bridgehead atoms. The highest BCUT2D eigenvalue weighted by molar-refractivity contribution is 7.14. The summed E-state index contributed by atoms with van der Waals surface area (Å²) < 4.78 is 5.58. The highest BCUT2D eigenvalue weighted by Crippen LogP contribution is 2.26. The Bertz CT molecular complexity index is 703. The van der Waals surface area contributed by atoms with Gasteiger partial charge in [0.1, 0.15) is 23.3 Å². The van der Waals surface area contributed by atoms with Crippen molar-refractivity contribution in [3.63, 3.8) is 0 Å². The van der Waals surface area contributed by atoms with Gasteiger partial charge in [0.2, 0.25) is 0 Å². The minimum Gasteiger partial charge on any atom is -0.487 e. The van der Waals surface area contributed by atoms with E-state index in [2.05, 4.69) is 0 Å². The Balaban J connectivity index is 2.19. The quantitative estimate of drug-likeness (QED) is 0.931. The monoisotopic (exact) mass is 307 g/mol. The Morgan fingerprint density at radius 1 is 1.50 bits per heavy atom. The highest BCUT2D eigenvalue weighted by Gasteiger charge is 2.12. The lowest BCUT2D eigenvalue weighted by Gasteiger charge is -2.07. The average Bonchev–Trinajstić information content (AvgIpc) is 2.78. The van der Waals surface area contributed by atoms with Gasteiger partial charge in [0.15, 0.2) is 0 Å². The van der Waals surface area contributed by atoms with Gasteiger partial charge in [-0.25, -0.2) is 4.79 Å². The number of nitrogens with zero attached hydrogens (tertiary/aromatic N) is 1. The van der Waals surface area contributed by atoms with E-state index in [0.29, 0.717) is 16.3 Å². The number of ether oxygens (including phenoxy) is 1. The highest BCUT2D eigenvalue weighted by atomic mass is 35.5. The first-order valence-electron chi connectivity index (χ1n) is 5.66. The van der Waals surface area contributed by atoms with Crippen LogP contribution in [0.25, 0.3) is 0 Å². The number of benzene rings is 1. The van der Waals surface area contributed by atoms with E-state index in [1.807, 2.05) is 13.0 Å². The number of aromatic carboxylic acids is 1. The lowest BCUT2D eigenvalue weighted by Crippen LogP contribution is -1.98. The first kappa shape index (κ1) is 14.4. The second kappa shape index (κ2) is 5.95. The number of hydrogen-bond donors (Lipinski definition) is 1. The molecular formula is C14H10ClNO3S. The normalized spacial score (nSPS) is 10.1. The van der Waals surface area contributed by atoms with Gasteiger partial charge in [-0.05, 0) is 25.1 Å². The second-order valence-electron chi connectivity index (χ2n) is 4.04. The first-order valence-corrected chi connectivity index (χ1v) is 6.85. The Morgan fingerprint density at radius 3 is 2.85 bits per heavy atom. The van der Waals surface area contributed by atoms with E-state index in [-0.39, 0.29) is 11.5 Å². The number of halogens is 1. The molecule has 0 unspecified atom stereocenters. The topological polar surface area (TPSA) is 70.3 Å². The molecule has 1 heterocycles. The van der Waals surface area contributed by atoms with Gasteiger partial charge in [-0.1, -0.05) is 11.6 Å². The van der Waals surface area contributed by atoms with Crippen LogP contribution in [0.4, 0.5) is 0 Å². The third kappa shape index (κ3) is 3.10. The zero-order chi connectivity index (χ0) is 14.7. The molecule has 6 heteroatoms. The largest absolute Gasteiger partial charge is 0.487 e. The van der Waals surface area contributed by atoms with Crippen molar-refractivity contribution in [1.29, 1.82) is 5.26 Å². The van der Waals surface area contributed by atoms with Gasteiger partial charge in [0.05, 0.1) is 5.56 Å². The molecule has 2 rings (SSSR count). The summed E-state index contributed by atoms with van der Waals surface area (Å²) in [5.74, 6) is -0.563. The summed E-state index contributed by atoms with van der Waals surface area (Å²) in [4.78, 5) is 12.0. The number of nitriles is 1. The molecule has 1 N–H and O–H groups in total. The van der Waals surface area contributed by atoms with Gasteiger partial charge < -0.3 is 9.84 Å². The number of rotatable bonds is 4. The fraction of sp³-hybridized carbons (Fsp3) is 0.143. The van der Waals surface area contributed by atoms with Crippen LogP contribution in [-0.2, 0) is 6.61 Å². The van der Waals surface area contributed by atoms with Crippen LogP contribution in [-0.4, -0.2) is 11.1 Å². The van der Waals surface area contributed by atoms with Crippen LogP contribution in [0.2, 0.25) is 5.02 Å². The third-order valence-electron chi connectivity index (χ3n) is 2.68. The van der Waals surface area contributed by atoms with E-state index in [1.54, 1.807) is 24.3 Å². The third-order valence-corrected chi connectivity index (χ3v) is 3.99. The van der Waals surface area contributed by atoms with Crippen LogP contribution in [0.1, 0.15) is 25.7 Å². The summed E-state index contributed by atoms with van der Waals surface area (Å²) in [5.41, 5.74) is 1.18. The molecule has 0 radical (unpaired) electrons. The van der Waals surface area contributed by atoms with Crippen LogP contribution in [0, 0.1) is 18.3 Å². The number of carbonyl (C=O) groups is 1. The van der Waals surface area contributed by atoms with Gasteiger partial charge in [0, 0.05) is 21.5 Å². The molecule has 0 aliphatic carbocycles. The predicted molar refractivity (Wildman–Crippen MR) is 76.5 cm³/mol. The van der Waals surface area contributed by atoms with Crippen LogP contribution < -0.4 is 4.74 Å². The summed E-state index contributed by atoms with van der Waals surface area (Å²) >= 11 is 7.07. The zero-order valence-electron chi connectivity index (χ0n) is 10.5. The number of hydrogen-bond acceptors (Lipinski definition) is 4. The van der Waals surface area contributed by atoms with E-state index in [1.165, 1.54) is 11.3 Å². The summed E-state index contributed by atoms with van der Waals surface area (Å²) in [6.07, 6.45) is 0. The zero-order valence-corrected chi connectivity index (χ0v) is 12.1. The molecule has 102 valence electrons. The first-order chi connectivity index (χ1) is 9.51. The molecule has 0 aliphatic heterocycles. The van der Waals surface area contributed by atoms with Gasteiger partial charge >= 0.3 is 5.97 Å². The van der Waals surface area contributed by atoms with Crippen LogP contribution in [0.3, 0.4) is 0 Å². The molecular weight excluding hydrogens is 298 g/mol. The van der Waals surface area contributed by atoms with Crippen LogP contribution in [0.5, 0.6) is 5.75 Å². The molecule has 0 atom stereocenters. The molecule has 1 aromatic carbocycles. The Hall–Kier alpha value is -2.03. The number of aryl methyl sites for hydroxylation is 1. The number of carboxylic acids is 1. The molecule has 0 aliphatic rings. The smallest absolute Gasteiger partial charge is 0.345 e. The summed E-state index contributed by atoms with van der Waals surface area (Å²) in [5, 5.41) is 18.4. The van der Waals surface area contributed by atoms with Crippen molar-refractivity contribution < 1.29 is 14.6 Å². The van der Waals surface area contributed by atoms with Crippen molar-refractivity contribution in [2.24, 2.45) is 0 Å². The summed E-state index contributed by atoms with van der Waals surface area (Å²) in [6, 6.07) is 8.37. The average molecular weight is 308 g/mol. The van der Waals surface area contributed by atoms with E-state index in [9.17, 15) is 4.79 Å². The SMILES string of the molecule is Cc1sc(C(=O)O)cc1COc1cc(Cl)ccc1C#N. The van der Waals surface area contributed by atoms with Gasteiger partial charge in [0.25, 0.3) is 0 Å². The van der Waals surface area contributed by atoms with Crippen molar-refractivity contribution in [2.75, 3.05) is 0 Å². The van der Waals surface area contributed by atoms with Crippen molar-refractivity contribution in [3.05, 3.63) is 50.2 Å². The summed E-state index contributed by atoms with van der Waals surface area (Å²) in [7, 11) is 0. The van der Waals surface area contributed by atoms with E-state index < -0.39 is 5.97 Å². The van der Waals surface area contributed by atoms with Crippen molar-refractivity contribution in [2.45, 2.75) is 13.5 Å². The van der Waals surface area contributed by atoms with Crippen LogP contribution in [0.15, 0.2) is 24.3 Å². The maximum atomic E-state index is 10.9. The predicted octanol–water partition coefficient (Wildman–Crippen LogP) is 3.86. The van der Waals surface area contributed by atoms with Gasteiger partial charge in [-0.3, -0.25) is 0 Å².